The molecule has 0 saturated carbocycles. The number of nitrogens with zero attached hydrogens (tertiary/aromatic N) is 2. The zero-order valence-electron chi connectivity index (χ0n) is 8.80. The summed E-state index contributed by atoms with van der Waals surface area (Å²) in [5.74, 6) is -0.226. The van der Waals surface area contributed by atoms with Gasteiger partial charge in [0.2, 0.25) is 0 Å². The maximum Gasteiger partial charge on any atom is 0.347 e. The van der Waals surface area contributed by atoms with Crippen LogP contribution in [0.5, 0.6) is 0 Å². The molecule has 0 aromatic carbocycles. The minimum atomic E-state index is -0.890. The number of carboxylic acid groups (broad SMARTS) is 1. The molecule has 2 rings (SSSR count). The Morgan fingerprint density at radius 3 is 2.87 bits per heavy atom. The topological polar surface area (TPSA) is 53.4 Å². The largest absolute Gasteiger partial charge is 0.477 e. The van der Waals surface area contributed by atoms with E-state index in [-0.39, 0.29) is 0 Å². The Bertz CT molecular complexity index is 377. The third kappa shape index (κ3) is 1.97. The van der Waals surface area contributed by atoms with Crippen LogP contribution in [0.15, 0.2) is 6.20 Å². The van der Waals surface area contributed by atoms with Crippen molar-refractivity contribution in [2.24, 2.45) is 5.92 Å². The highest BCUT2D eigenvalue weighted by molar-refractivity contribution is 7.17. The van der Waals surface area contributed by atoms with Crippen molar-refractivity contribution in [3.05, 3.63) is 11.1 Å². The predicted octanol–water partition coefficient (Wildman–Crippen LogP) is 2.08. The quantitative estimate of drug-likeness (QED) is 0.838. The highest BCUT2D eigenvalue weighted by Crippen LogP contribution is 2.31. The maximum atomic E-state index is 10.7. The first-order valence-electron chi connectivity index (χ1n) is 5.03. The van der Waals surface area contributed by atoms with E-state index in [2.05, 4.69) is 23.7 Å². The third-order valence-electron chi connectivity index (χ3n) is 2.73. The summed E-state index contributed by atoms with van der Waals surface area (Å²) in [6.45, 7) is 5.35. The number of carbonyl (C=O) groups is 1. The average Bonchev–Trinajstić information content (AvgIpc) is 2.71. The minimum Gasteiger partial charge on any atom is -0.477 e. The smallest absolute Gasteiger partial charge is 0.347 e. The summed E-state index contributed by atoms with van der Waals surface area (Å²) in [6.07, 6.45) is 2.60. The average molecular weight is 226 g/mol. The number of hydrogen-bond donors (Lipinski definition) is 1. The zero-order chi connectivity index (χ0) is 11.0. The summed E-state index contributed by atoms with van der Waals surface area (Å²) in [5, 5.41) is 9.65. The van der Waals surface area contributed by atoms with Crippen LogP contribution in [0.25, 0.3) is 0 Å². The first-order chi connectivity index (χ1) is 7.08. The minimum absolute atomic E-state index is 0.316. The molecule has 2 heterocycles. The molecule has 1 N–H and O–H groups in total. The number of carboxylic acids is 1. The number of thiazole rings is 1. The van der Waals surface area contributed by atoms with Crippen molar-refractivity contribution in [3.63, 3.8) is 0 Å². The van der Waals surface area contributed by atoms with Crippen LogP contribution < -0.4 is 4.90 Å². The molecule has 0 radical (unpaired) electrons. The molecule has 2 unspecified atom stereocenters. The lowest BCUT2D eigenvalue weighted by molar-refractivity contribution is 0.0702. The Morgan fingerprint density at radius 1 is 1.67 bits per heavy atom. The molecule has 1 aliphatic heterocycles. The molecule has 1 fully saturated rings. The van der Waals surface area contributed by atoms with Crippen molar-refractivity contribution in [1.29, 1.82) is 0 Å². The Hall–Kier alpha value is -1.10. The number of aromatic nitrogens is 1. The first-order valence-corrected chi connectivity index (χ1v) is 5.85. The van der Waals surface area contributed by atoms with E-state index in [0.717, 1.165) is 18.1 Å². The van der Waals surface area contributed by atoms with Crippen molar-refractivity contribution in [1.82, 2.24) is 4.98 Å². The monoisotopic (exact) mass is 226 g/mol. The Morgan fingerprint density at radius 2 is 2.40 bits per heavy atom. The Kier molecular flexibility index (Phi) is 2.65. The van der Waals surface area contributed by atoms with E-state index < -0.39 is 5.97 Å². The van der Waals surface area contributed by atoms with Gasteiger partial charge in [0, 0.05) is 12.6 Å². The fraction of sp³-hybridized carbons (Fsp3) is 0.600. The molecule has 1 aliphatic rings. The van der Waals surface area contributed by atoms with Crippen LogP contribution in [0, 0.1) is 5.92 Å². The summed E-state index contributed by atoms with van der Waals surface area (Å²) in [5.41, 5.74) is 0. The van der Waals surface area contributed by atoms with Gasteiger partial charge in [-0.3, -0.25) is 0 Å². The molecule has 82 valence electrons. The molecular formula is C10H14N2O2S. The normalized spacial score (nSPS) is 25.9. The number of aromatic carboxylic acids is 1. The van der Waals surface area contributed by atoms with E-state index in [0.29, 0.717) is 16.8 Å². The van der Waals surface area contributed by atoms with Crippen molar-refractivity contribution in [2.75, 3.05) is 11.4 Å². The maximum absolute atomic E-state index is 10.7. The van der Waals surface area contributed by atoms with Crippen LogP contribution >= 0.6 is 11.3 Å². The Balaban J connectivity index is 2.19. The van der Waals surface area contributed by atoms with E-state index in [1.165, 1.54) is 17.5 Å². The van der Waals surface area contributed by atoms with Crippen molar-refractivity contribution in [2.45, 2.75) is 26.3 Å². The molecule has 15 heavy (non-hydrogen) atoms. The second-order valence-corrected chi connectivity index (χ2v) is 5.16. The summed E-state index contributed by atoms with van der Waals surface area (Å²) in [4.78, 5) is 17.4. The lowest BCUT2D eigenvalue weighted by Gasteiger charge is -2.19. The van der Waals surface area contributed by atoms with E-state index in [1.807, 2.05) is 0 Å². The Labute approximate surface area is 92.6 Å². The van der Waals surface area contributed by atoms with Crippen molar-refractivity contribution in [3.8, 4) is 0 Å². The lowest BCUT2D eigenvalue weighted by atomic mass is 10.1. The van der Waals surface area contributed by atoms with Gasteiger partial charge >= 0.3 is 5.97 Å². The van der Waals surface area contributed by atoms with Crippen molar-refractivity contribution < 1.29 is 9.90 Å². The summed E-state index contributed by atoms with van der Waals surface area (Å²) >= 11 is 1.26. The van der Waals surface area contributed by atoms with Crippen LogP contribution in [0.1, 0.15) is 29.9 Å². The van der Waals surface area contributed by atoms with Crippen molar-refractivity contribution >= 4 is 22.4 Å². The second-order valence-electron chi connectivity index (χ2n) is 4.15. The van der Waals surface area contributed by atoms with Gasteiger partial charge in [-0.2, -0.15) is 0 Å². The van der Waals surface area contributed by atoms with Crippen LogP contribution in [-0.2, 0) is 0 Å². The molecule has 0 bridgehead atoms. The van der Waals surface area contributed by atoms with Gasteiger partial charge in [-0.25, -0.2) is 9.78 Å². The van der Waals surface area contributed by atoms with Crippen LogP contribution in [-0.4, -0.2) is 28.6 Å². The molecule has 0 spiro atoms. The second kappa shape index (κ2) is 3.81. The number of hydrogen-bond acceptors (Lipinski definition) is 4. The van der Waals surface area contributed by atoms with E-state index in [4.69, 9.17) is 5.11 Å². The lowest BCUT2D eigenvalue weighted by Crippen LogP contribution is -2.26. The summed E-state index contributed by atoms with van der Waals surface area (Å²) in [7, 11) is 0. The van der Waals surface area contributed by atoms with Gasteiger partial charge < -0.3 is 10.0 Å². The molecule has 2 atom stereocenters. The van der Waals surface area contributed by atoms with Gasteiger partial charge in [0.05, 0.1) is 6.20 Å². The molecule has 0 aliphatic carbocycles. The summed E-state index contributed by atoms with van der Waals surface area (Å²) < 4.78 is 0. The summed E-state index contributed by atoms with van der Waals surface area (Å²) in [6, 6.07) is 0.466. The highest BCUT2D eigenvalue weighted by Gasteiger charge is 2.28. The van der Waals surface area contributed by atoms with Gasteiger partial charge in [-0.05, 0) is 19.3 Å². The van der Waals surface area contributed by atoms with Crippen LogP contribution in [0.4, 0.5) is 5.13 Å². The van der Waals surface area contributed by atoms with Gasteiger partial charge in [-0.15, -0.1) is 0 Å². The van der Waals surface area contributed by atoms with E-state index >= 15 is 0 Å². The van der Waals surface area contributed by atoms with Gasteiger partial charge in [0.15, 0.2) is 5.13 Å². The fourth-order valence-corrected chi connectivity index (χ4v) is 2.93. The van der Waals surface area contributed by atoms with Crippen LogP contribution in [0.3, 0.4) is 0 Å². The number of rotatable bonds is 2. The molecular weight excluding hydrogens is 212 g/mol. The van der Waals surface area contributed by atoms with Gasteiger partial charge in [0.25, 0.3) is 0 Å². The number of anilines is 1. The van der Waals surface area contributed by atoms with E-state index in [1.54, 1.807) is 0 Å². The highest BCUT2D eigenvalue weighted by atomic mass is 32.1. The molecule has 5 heteroatoms. The molecule has 1 aromatic heterocycles. The first kappa shape index (κ1) is 10.4. The SMILES string of the molecule is CC1CC(C)N(c2ncc(C(=O)O)s2)C1. The zero-order valence-corrected chi connectivity index (χ0v) is 9.62. The molecule has 4 nitrogen and oxygen atoms in total. The standard InChI is InChI=1S/C10H14N2O2S/c1-6-3-7(2)12(5-6)10-11-4-8(15-10)9(13)14/h4,6-7H,3,5H2,1-2H3,(H,13,14). The van der Waals surface area contributed by atoms with Gasteiger partial charge in [0.1, 0.15) is 4.88 Å². The van der Waals surface area contributed by atoms with E-state index in [9.17, 15) is 4.79 Å². The molecule has 0 amide bonds. The third-order valence-corrected chi connectivity index (χ3v) is 3.76. The molecule has 1 aromatic rings. The van der Waals surface area contributed by atoms with Crippen LogP contribution in [0.2, 0.25) is 0 Å². The van der Waals surface area contributed by atoms with Gasteiger partial charge in [-0.1, -0.05) is 18.3 Å². The fourth-order valence-electron chi connectivity index (χ4n) is 2.06. The predicted molar refractivity (Wildman–Crippen MR) is 59.7 cm³/mol. The molecule has 1 saturated heterocycles.